The van der Waals surface area contributed by atoms with E-state index >= 15 is 0 Å². The summed E-state index contributed by atoms with van der Waals surface area (Å²) in [5.74, 6) is 0.00786. The van der Waals surface area contributed by atoms with Gasteiger partial charge in [-0.2, -0.15) is 0 Å². The molecule has 15 heavy (non-hydrogen) atoms. The maximum Gasteiger partial charge on any atom is 0.226 e. The lowest BCUT2D eigenvalue weighted by Gasteiger charge is -1.92. The number of aromatic nitrogens is 1. The molecule has 0 saturated heterocycles. The van der Waals surface area contributed by atoms with E-state index in [1.54, 1.807) is 0 Å². The number of hydrogen-bond donors (Lipinski definition) is 1. The summed E-state index contributed by atoms with van der Waals surface area (Å²) in [6, 6.07) is -2.44. The van der Waals surface area contributed by atoms with Crippen molar-refractivity contribution in [2.75, 3.05) is 6.56 Å². The highest BCUT2D eigenvalue weighted by Crippen LogP contribution is 2.21. The van der Waals surface area contributed by atoms with Crippen LogP contribution in [0.25, 0.3) is 11.5 Å². The van der Waals surface area contributed by atoms with Gasteiger partial charge in [0.2, 0.25) is 5.89 Å². The van der Waals surface area contributed by atoms with Crippen molar-refractivity contribution in [1.82, 2.24) is 4.98 Å². The Morgan fingerprint density at radius 2 is 2.20 bits per heavy atom. The quantitative estimate of drug-likeness (QED) is 0.844. The van der Waals surface area contributed by atoms with E-state index < -0.39 is 43.2 Å². The van der Waals surface area contributed by atoms with Crippen LogP contribution in [0.15, 0.2) is 34.6 Å². The van der Waals surface area contributed by atoms with Crippen LogP contribution in [-0.2, 0) is 6.42 Å². The SMILES string of the molecule is [2H]c1c([2H])c([2H])c(-c2nc(CC([2H])([2H])O)c(C)o2)c([2H])c1[2H]. The van der Waals surface area contributed by atoms with Crippen LogP contribution in [0.4, 0.5) is 0 Å². The monoisotopic (exact) mass is 210 g/mol. The number of benzene rings is 1. The zero-order valence-electron chi connectivity index (χ0n) is 15.0. The first-order valence-electron chi connectivity index (χ1n) is 7.79. The lowest BCUT2D eigenvalue weighted by atomic mass is 10.2. The van der Waals surface area contributed by atoms with Gasteiger partial charge in [0.25, 0.3) is 0 Å². The Kier molecular flexibility index (Phi) is 1.28. The van der Waals surface area contributed by atoms with Crippen molar-refractivity contribution < 1.29 is 19.1 Å². The summed E-state index contributed by atoms with van der Waals surface area (Å²) in [7, 11) is 0. The number of oxazole rings is 1. The molecule has 0 unspecified atom stereocenters. The van der Waals surface area contributed by atoms with Crippen LogP contribution >= 0.6 is 0 Å². The average Bonchev–Trinajstić information content (AvgIpc) is 2.73. The fourth-order valence-electron chi connectivity index (χ4n) is 1.13. The molecule has 0 spiro atoms. The molecule has 3 nitrogen and oxygen atoms in total. The third-order valence-electron chi connectivity index (χ3n) is 1.85. The summed E-state index contributed by atoms with van der Waals surface area (Å²) in [5, 5.41) is 9.20. The maximum atomic E-state index is 9.20. The van der Waals surface area contributed by atoms with Crippen molar-refractivity contribution in [2.24, 2.45) is 0 Å². The predicted molar refractivity (Wildman–Crippen MR) is 57.5 cm³/mol. The maximum absolute atomic E-state index is 9.20. The van der Waals surface area contributed by atoms with Crippen molar-refractivity contribution in [3.8, 4) is 11.5 Å². The minimum absolute atomic E-state index is 0.120. The molecule has 0 radical (unpaired) electrons. The molecule has 0 aliphatic rings. The van der Waals surface area contributed by atoms with Gasteiger partial charge >= 0.3 is 0 Å². The smallest absolute Gasteiger partial charge is 0.226 e. The van der Waals surface area contributed by atoms with E-state index in [-0.39, 0.29) is 22.9 Å². The summed E-state index contributed by atoms with van der Waals surface area (Å²) in [6.45, 7) is -0.994. The molecule has 0 amide bonds. The number of aliphatic hydroxyl groups is 1. The molecule has 0 fully saturated rings. The average molecular weight is 210 g/mol. The van der Waals surface area contributed by atoms with Gasteiger partial charge < -0.3 is 9.52 Å². The Morgan fingerprint density at radius 1 is 1.47 bits per heavy atom. The second-order valence-corrected chi connectivity index (χ2v) is 2.86. The van der Waals surface area contributed by atoms with Crippen LogP contribution in [0.2, 0.25) is 0 Å². The van der Waals surface area contributed by atoms with Gasteiger partial charge in [0, 0.05) is 18.5 Å². The molecule has 0 aliphatic heterocycles. The van der Waals surface area contributed by atoms with Gasteiger partial charge in [-0.25, -0.2) is 4.98 Å². The van der Waals surface area contributed by atoms with Crippen LogP contribution in [0.5, 0.6) is 0 Å². The molecule has 3 heteroatoms. The van der Waals surface area contributed by atoms with Gasteiger partial charge in [0.1, 0.15) is 5.76 Å². The molecule has 0 atom stereocenters. The molecule has 1 aromatic heterocycles. The van der Waals surface area contributed by atoms with Gasteiger partial charge in [-0.05, 0) is 19.0 Å². The van der Waals surface area contributed by atoms with Crippen molar-refractivity contribution in [3.05, 3.63) is 41.7 Å². The second-order valence-electron chi connectivity index (χ2n) is 2.86. The normalized spacial score (nSPS) is 18.1. The molecule has 0 saturated carbocycles. The van der Waals surface area contributed by atoms with Gasteiger partial charge in [0.15, 0.2) is 0 Å². The minimum atomic E-state index is -2.49. The molecule has 78 valence electrons. The van der Waals surface area contributed by atoms with E-state index in [0.717, 1.165) is 0 Å². The van der Waals surface area contributed by atoms with E-state index in [1.807, 2.05) is 0 Å². The standard InChI is InChI=1S/C12H13NO2/c1-9-11(7-8-14)13-12(15-9)10-5-3-2-4-6-10/h2-6,14H,7-8H2,1H3/i2D,3D,4D,5D,6D,8D2. The van der Waals surface area contributed by atoms with E-state index in [4.69, 9.17) is 14.0 Å². The number of hydrogen-bond acceptors (Lipinski definition) is 3. The van der Waals surface area contributed by atoms with Gasteiger partial charge in [0.05, 0.1) is 15.3 Å². The fraction of sp³-hybridized carbons (Fsp3) is 0.250. The first-order valence-corrected chi connectivity index (χ1v) is 4.29. The molecule has 1 heterocycles. The predicted octanol–water partition coefficient (Wildman–Crippen LogP) is 2.18. The molecular formula is C12H13NO2. The number of rotatable bonds is 3. The zero-order chi connectivity index (χ0) is 16.8. The van der Waals surface area contributed by atoms with Gasteiger partial charge in [-0.15, -0.1) is 0 Å². The Labute approximate surface area is 98.2 Å². The number of nitrogens with zero attached hydrogens (tertiary/aromatic N) is 1. The summed E-state index contributed by atoms with van der Waals surface area (Å²) < 4.78 is 58.0. The highest BCUT2D eigenvalue weighted by Gasteiger charge is 2.09. The van der Waals surface area contributed by atoms with Crippen LogP contribution in [0.3, 0.4) is 0 Å². The highest BCUT2D eigenvalue weighted by atomic mass is 16.4. The van der Waals surface area contributed by atoms with Crippen molar-refractivity contribution >= 4 is 0 Å². The second kappa shape index (κ2) is 4.28. The first kappa shape index (κ1) is 4.49. The van der Waals surface area contributed by atoms with Crippen molar-refractivity contribution in [1.29, 1.82) is 0 Å². The minimum Gasteiger partial charge on any atom is -0.441 e. The summed E-state index contributed by atoms with van der Waals surface area (Å²) in [6.07, 6.45) is -0.430. The molecule has 0 bridgehead atoms. The first-order chi connectivity index (χ1) is 10.0. The van der Waals surface area contributed by atoms with Crippen LogP contribution in [0, 0.1) is 6.92 Å². The Morgan fingerprint density at radius 3 is 2.87 bits per heavy atom. The summed E-state index contributed by atoms with van der Waals surface area (Å²) in [4.78, 5) is 3.96. The highest BCUT2D eigenvalue weighted by molar-refractivity contribution is 5.53. The van der Waals surface area contributed by atoms with Crippen LogP contribution in [0.1, 0.15) is 21.0 Å². The zero-order valence-corrected chi connectivity index (χ0v) is 8.01. The summed E-state index contributed by atoms with van der Waals surface area (Å²) >= 11 is 0. The molecular weight excluding hydrogens is 190 g/mol. The fourth-order valence-corrected chi connectivity index (χ4v) is 1.13. The van der Waals surface area contributed by atoms with E-state index in [0.29, 0.717) is 0 Å². The van der Waals surface area contributed by atoms with Crippen molar-refractivity contribution in [3.63, 3.8) is 0 Å². The van der Waals surface area contributed by atoms with Gasteiger partial charge in [-0.1, -0.05) is 18.1 Å². The van der Waals surface area contributed by atoms with Crippen molar-refractivity contribution in [2.45, 2.75) is 13.3 Å². The topological polar surface area (TPSA) is 46.3 Å². The Bertz CT molecular complexity index is 707. The van der Waals surface area contributed by atoms with Crippen LogP contribution in [-0.4, -0.2) is 16.6 Å². The Balaban J connectivity index is 2.61. The molecule has 1 aromatic carbocycles. The lowest BCUT2D eigenvalue weighted by molar-refractivity contribution is 0.297. The van der Waals surface area contributed by atoms with E-state index in [1.165, 1.54) is 6.92 Å². The van der Waals surface area contributed by atoms with E-state index in [9.17, 15) is 5.11 Å². The Hall–Kier alpha value is -1.61. The van der Waals surface area contributed by atoms with E-state index in [2.05, 4.69) is 4.98 Å². The molecule has 2 rings (SSSR count). The molecule has 0 aliphatic carbocycles. The van der Waals surface area contributed by atoms with Gasteiger partial charge in [-0.3, -0.25) is 0 Å². The number of aryl methyl sites for hydroxylation is 2. The summed E-state index contributed by atoms with van der Waals surface area (Å²) in [5.41, 5.74) is -0.0758. The lowest BCUT2D eigenvalue weighted by Crippen LogP contribution is -1.92. The molecule has 2 aromatic rings. The van der Waals surface area contributed by atoms with Crippen LogP contribution < -0.4 is 0 Å². The molecule has 1 N–H and O–H groups in total. The third kappa shape index (κ3) is 2.07. The third-order valence-corrected chi connectivity index (χ3v) is 1.85. The largest absolute Gasteiger partial charge is 0.441 e.